The molecule has 5 nitrogen and oxygen atoms in total. The summed E-state index contributed by atoms with van der Waals surface area (Å²) in [4.78, 5) is 12.5. The molecule has 0 aliphatic heterocycles. The van der Waals surface area contributed by atoms with Crippen LogP contribution in [-0.4, -0.2) is 25.9 Å². The molecule has 1 amide bonds. The number of fused-ring (bicyclic) bond motifs is 1. The smallest absolute Gasteiger partial charge is 0.233 e. The highest BCUT2D eigenvalue weighted by atomic mass is 32.2. The number of carbonyl (C=O) groups is 1. The molecule has 24 heavy (non-hydrogen) atoms. The highest BCUT2D eigenvalue weighted by Gasteiger charge is 2.20. The van der Waals surface area contributed by atoms with Gasteiger partial charge in [-0.2, -0.15) is 0 Å². The predicted octanol–water partition coefficient (Wildman–Crippen LogP) is 3.05. The molecule has 1 aliphatic carbocycles. The molecule has 2 aromatic rings. The summed E-state index contributed by atoms with van der Waals surface area (Å²) in [6.07, 6.45) is 6.53. The number of carbonyl (C=O) groups excluding carboxylic acids is 1. The Balaban J connectivity index is 1.62. The van der Waals surface area contributed by atoms with E-state index in [1.54, 1.807) is 6.33 Å². The standard InChI is InChI=1S/C18H24N4OS/c1-12(15-9-8-14-6-4-5-7-16(14)10-15)20-17(23)13(2)24-18-21-19-11-22(18)3/h8-13H,4-7H2,1-3H3,(H,20,23)/t12-,13+/m0/s1. The average Bonchev–Trinajstić information content (AvgIpc) is 2.99. The summed E-state index contributed by atoms with van der Waals surface area (Å²) in [5, 5.41) is 11.5. The maximum absolute atomic E-state index is 12.5. The first kappa shape index (κ1) is 17.0. The Labute approximate surface area is 147 Å². The molecule has 0 spiro atoms. The van der Waals surface area contributed by atoms with Crippen molar-refractivity contribution < 1.29 is 4.79 Å². The van der Waals surface area contributed by atoms with Gasteiger partial charge in [-0.15, -0.1) is 10.2 Å². The van der Waals surface area contributed by atoms with Gasteiger partial charge < -0.3 is 9.88 Å². The zero-order chi connectivity index (χ0) is 17.1. The minimum Gasteiger partial charge on any atom is -0.349 e. The Morgan fingerprint density at radius 1 is 1.25 bits per heavy atom. The molecule has 0 unspecified atom stereocenters. The van der Waals surface area contributed by atoms with E-state index < -0.39 is 0 Å². The number of nitrogens with one attached hydrogen (secondary N) is 1. The molecular weight excluding hydrogens is 320 g/mol. The molecule has 1 heterocycles. The van der Waals surface area contributed by atoms with Crippen LogP contribution < -0.4 is 5.32 Å². The minimum absolute atomic E-state index is 0.00673. The van der Waals surface area contributed by atoms with Gasteiger partial charge in [-0.25, -0.2) is 0 Å². The third-order valence-corrected chi connectivity index (χ3v) is 5.70. The summed E-state index contributed by atoms with van der Waals surface area (Å²) in [5.74, 6) is 0.0215. The topological polar surface area (TPSA) is 59.8 Å². The van der Waals surface area contributed by atoms with E-state index >= 15 is 0 Å². The number of benzene rings is 1. The number of amides is 1. The second-order valence-electron chi connectivity index (χ2n) is 6.45. The lowest BCUT2D eigenvalue weighted by atomic mass is 9.89. The summed E-state index contributed by atoms with van der Waals surface area (Å²) in [5.41, 5.74) is 4.09. The minimum atomic E-state index is -0.215. The van der Waals surface area contributed by atoms with Crippen molar-refractivity contribution in [1.29, 1.82) is 0 Å². The van der Waals surface area contributed by atoms with Crippen LogP contribution >= 0.6 is 11.8 Å². The van der Waals surface area contributed by atoms with Gasteiger partial charge in [0.15, 0.2) is 5.16 Å². The van der Waals surface area contributed by atoms with Crippen LogP contribution in [0.5, 0.6) is 0 Å². The summed E-state index contributed by atoms with van der Waals surface area (Å²) < 4.78 is 1.82. The molecule has 128 valence electrons. The van der Waals surface area contributed by atoms with Gasteiger partial charge in [-0.1, -0.05) is 30.0 Å². The highest BCUT2D eigenvalue weighted by molar-refractivity contribution is 8.00. The molecule has 0 bridgehead atoms. The van der Waals surface area contributed by atoms with Crippen molar-refractivity contribution in [2.24, 2.45) is 7.05 Å². The fourth-order valence-corrected chi connectivity index (χ4v) is 3.83. The molecule has 0 saturated carbocycles. The van der Waals surface area contributed by atoms with E-state index in [1.807, 2.05) is 25.5 Å². The van der Waals surface area contributed by atoms with E-state index in [4.69, 9.17) is 0 Å². The van der Waals surface area contributed by atoms with Crippen molar-refractivity contribution in [3.63, 3.8) is 0 Å². The van der Waals surface area contributed by atoms with Gasteiger partial charge >= 0.3 is 0 Å². The fraction of sp³-hybridized carbons (Fsp3) is 0.500. The van der Waals surface area contributed by atoms with Crippen LogP contribution in [0.1, 0.15) is 49.4 Å². The SMILES string of the molecule is C[C@H](NC(=O)[C@@H](C)Sc1nncn1C)c1ccc2c(c1)CCCC2. The van der Waals surface area contributed by atoms with Crippen molar-refractivity contribution >= 4 is 17.7 Å². The van der Waals surface area contributed by atoms with E-state index in [1.165, 1.54) is 47.7 Å². The van der Waals surface area contributed by atoms with Gasteiger partial charge in [0.1, 0.15) is 6.33 Å². The fourth-order valence-electron chi connectivity index (χ4n) is 3.03. The Morgan fingerprint density at radius 3 is 2.71 bits per heavy atom. The van der Waals surface area contributed by atoms with Crippen LogP contribution in [0.4, 0.5) is 0 Å². The molecule has 2 atom stereocenters. The number of nitrogens with zero attached hydrogens (tertiary/aromatic N) is 3. The maximum atomic E-state index is 12.5. The van der Waals surface area contributed by atoms with Crippen LogP contribution in [0.2, 0.25) is 0 Å². The molecular formula is C18H24N4OS. The molecule has 1 aromatic heterocycles. The normalized spacial score (nSPS) is 16.3. The third-order valence-electron chi connectivity index (χ3n) is 4.55. The molecule has 1 aliphatic rings. The van der Waals surface area contributed by atoms with Crippen LogP contribution in [0.3, 0.4) is 0 Å². The van der Waals surface area contributed by atoms with Crippen molar-refractivity contribution in [2.75, 3.05) is 0 Å². The molecule has 0 radical (unpaired) electrons. The molecule has 0 fully saturated rings. The third kappa shape index (κ3) is 3.80. The van der Waals surface area contributed by atoms with E-state index in [0.29, 0.717) is 0 Å². The van der Waals surface area contributed by atoms with Gasteiger partial charge in [0.25, 0.3) is 0 Å². The van der Waals surface area contributed by atoms with Gasteiger partial charge in [0.05, 0.1) is 11.3 Å². The Kier molecular flexibility index (Phi) is 5.23. The second kappa shape index (κ2) is 7.38. The number of aromatic nitrogens is 3. The second-order valence-corrected chi connectivity index (χ2v) is 7.76. The van der Waals surface area contributed by atoms with Crippen LogP contribution in [0.15, 0.2) is 29.7 Å². The molecule has 1 aromatic carbocycles. The van der Waals surface area contributed by atoms with E-state index in [-0.39, 0.29) is 17.2 Å². The molecule has 6 heteroatoms. The zero-order valence-corrected chi connectivity index (χ0v) is 15.3. The predicted molar refractivity (Wildman–Crippen MR) is 96.0 cm³/mol. The zero-order valence-electron chi connectivity index (χ0n) is 14.5. The number of thioether (sulfide) groups is 1. The van der Waals surface area contributed by atoms with E-state index in [0.717, 1.165) is 11.6 Å². The van der Waals surface area contributed by atoms with Gasteiger partial charge in [-0.3, -0.25) is 4.79 Å². The van der Waals surface area contributed by atoms with Crippen molar-refractivity contribution in [1.82, 2.24) is 20.1 Å². The molecule has 0 saturated heterocycles. The highest BCUT2D eigenvalue weighted by Crippen LogP contribution is 2.25. The maximum Gasteiger partial charge on any atom is 0.233 e. The first-order valence-electron chi connectivity index (χ1n) is 8.47. The summed E-state index contributed by atoms with van der Waals surface area (Å²) >= 11 is 1.42. The lowest BCUT2D eigenvalue weighted by Gasteiger charge is -2.21. The summed E-state index contributed by atoms with van der Waals surface area (Å²) in [7, 11) is 1.88. The largest absolute Gasteiger partial charge is 0.349 e. The first-order chi connectivity index (χ1) is 11.5. The Bertz CT molecular complexity index is 728. The average molecular weight is 344 g/mol. The lowest BCUT2D eigenvalue weighted by molar-refractivity contribution is -0.120. The summed E-state index contributed by atoms with van der Waals surface area (Å²) in [6, 6.07) is 6.65. The van der Waals surface area contributed by atoms with Crippen LogP contribution in [0.25, 0.3) is 0 Å². The van der Waals surface area contributed by atoms with Crippen LogP contribution in [0, 0.1) is 0 Å². The van der Waals surface area contributed by atoms with Gasteiger partial charge in [-0.05, 0) is 56.2 Å². The quantitative estimate of drug-likeness (QED) is 0.847. The van der Waals surface area contributed by atoms with Crippen molar-refractivity contribution in [3.8, 4) is 0 Å². The number of aryl methyl sites for hydroxylation is 3. The number of hydrogen-bond acceptors (Lipinski definition) is 4. The molecule has 3 rings (SSSR count). The van der Waals surface area contributed by atoms with E-state index in [9.17, 15) is 4.79 Å². The number of hydrogen-bond donors (Lipinski definition) is 1. The Morgan fingerprint density at radius 2 is 2.00 bits per heavy atom. The molecule has 1 N–H and O–H groups in total. The monoisotopic (exact) mass is 344 g/mol. The van der Waals surface area contributed by atoms with Crippen molar-refractivity contribution in [2.45, 2.75) is 56.0 Å². The lowest BCUT2D eigenvalue weighted by Crippen LogP contribution is -2.33. The first-order valence-corrected chi connectivity index (χ1v) is 9.35. The Hall–Kier alpha value is -1.82. The van der Waals surface area contributed by atoms with Gasteiger partial charge in [0, 0.05) is 7.05 Å². The summed E-state index contributed by atoms with van der Waals surface area (Å²) in [6.45, 7) is 3.94. The number of rotatable bonds is 5. The van der Waals surface area contributed by atoms with Crippen LogP contribution in [-0.2, 0) is 24.7 Å². The van der Waals surface area contributed by atoms with Gasteiger partial charge in [0.2, 0.25) is 5.91 Å². The van der Waals surface area contributed by atoms with Crippen molar-refractivity contribution in [3.05, 3.63) is 41.2 Å². The van der Waals surface area contributed by atoms with E-state index in [2.05, 4.69) is 33.7 Å².